The van der Waals surface area contributed by atoms with Crippen LogP contribution >= 0.6 is 0 Å². The molecule has 0 aliphatic rings. The van der Waals surface area contributed by atoms with Crippen LogP contribution in [0, 0.1) is 0 Å². The van der Waals surface area contributed by atoms with Gasteiger partial charge in [-0.1, -0.05) is 36.9 Å². The van der Waals surface area contributed by atoms with E-state index in [2.05, 4.69) is 16.1 Å². The third kappa shape index (κ3) is 4.76. The smallest absolute Gasteiger partial charge is 0.351 e. The van der Waals surface area contributed by atoms with E-state index in [1.54, 1.807) is 30.3 Å². The molecule has 6 heteroatoms. The molecule has 0 aromatic heterocycles. The SMILES string of the molecule is C=C(CC(=O)OC)C(=O)O[C@H](C(=O)OC)c1ccccc1. The third-order valence-corrected chi connectivity index (χ3v) is 2.62. The predicted octanol–water partition coefficient (Wildman–Crippen LogP) is 1.56. The largest absolute Gasteiger partial charge is 0.469 e. The molecule has 0 fully saturated rings. The number of rotatable bonds is 6. The van der Waals surface area contributed by atoms with Crippen molar-refractivity contribution < 1.29 is 28.6 Å². The molecule has 1 aromatic rings. The van der Waals surface area contributed by atoms with Gasteiger partial charge in [-0.25, -0.2) is 9.59 Å². The zero-order valence-electron chi connectivity index (χ0n) is 11.8. The molecule has 0 saturated heterocycles. The molecule has 0 saturated carbocycles. The van der Waals surface area contributed by atoms with Gasteiger partial charge in [-0.05, 0) is 0 Å². The standard InChI is InChI=1S/C15H16O6/c1-10(9-12(16)19-2)14(17)21-13(15(18)20-3)11-7-5-4-6-8-11/h4-8,13H,1,9H2,2-3H3/t13-/m0/s1. The van der Waals surface area contributed by atoms with Crippen molar-refractivity contribution in [2.24, 2.45) is 0 Å². The lowest BCUT2D eigenvalue weighted by Gasteiger charge is -2.16. The molecule has 0 heterocycles. The van der Waals surface area contributed by atoms with Crippen molar-refractivity contribution in [2.45, 2.75) is 12.5 Å². The van der Waals surface area contributed by atoms with Gasteiger partial charge in [0.05, 0.1) is 20.6 Å². The normalized spacial score (nSPS) is 11.1. The molecule has 0 N–H and O–H groups in total. The molecule has 1 aromatic carbocycles. The summed E-state index contributed by atoms with van der Waals surface area (Å²) in [5.41, 5.74) is 0.357. The number of hydrogen-bond acceptors (Lipinski definition) is 6. The van der Waals surface area contributed by atoms with Crippen molar-refractivity contribution >= 4 is 17.9 Å². The molecule has 0 spiro atoms. The maximum absolute atomic E-state index is 11.9. The molecule has 0 unspecified atom stereocenters. The molecule has 112 valence electrons. The molecule has 0 bridgehead atoms. The summed E-state index contributed by atoms with van der Waals surface area (Å²) >= 11 is 0. The minimum Gasteiger partial charge on any atom is -0.469 e. The topological polar surface area (TPSA) is 78.9 Å². The third-order valence-electron chi connectivity index (χ3n) is 2.62. The van der Waals surface area contributed by atoms with Gasteiger partial charge in [-0.3, -0.25) is 4.79 Å². The number of carbonyl (C=O) groups is 3. The Balaban J connectivity index is 2.83. The van der Waals surface area contributed by atoms with Crippen molar-refractivity contribution in [2.75, 3.05) is 14.2 Å². The van der Waals surface area contributed by atoms with Crippen LogP contribution in [0.4, 0.5) is 0 Å². The number of methoxy groups -OCH3 is 2. The fraction of sp³-hybridized carbons (Fsp3) is 0.267. The van der Waals surface area contributed by atoms with Gasteiger partial charge >= 0.3 is 17.9 Å². The Labute approximate surface area is 122 Å². The quantitative estimate of drug-likeness (QED) is 0.450. The second kappa shape index (κ2) is 7.84. The van der Waals surface area contributed by atoms with E-state index in [0.29, 0.717) is 5.56 Å². The van der Waals surface area contributed by atoms with Crippen LogP contribution < -0.4 is 0 Å². The highest BCUT2D eigenvalue weighted by Gasteiger charge is 2.27. The van der Waals surface area contributed by atoms with E-state index in [9.17, 15) is 14.4 Å². The van der Waals surface area contributed by atoms with E-state index in [-0.39, 0.29) is 12.0 Å². The van der Waals surface area contributed by atoms with Crippen LogP contribution in [-0.2, 0) is 28.6 Å². The first-order valence-electron chi connectivity index (χ1n) is 6.08. The highest BCUT2D eigenvalue weighted by atomic mass is 16.6. The summed E-state index contributed by atoms with van der Waals surface area (Å²) in [5.74, 6) is -2.20. The Bertz CT molecular complexity index is 534. The molecule has 6 nitrogen and oxygen atoms in total. The van der Waals surface area contributed by atoms with Gasteiger partial charge in [0.15, 0.2) is 0 Å². The van der Waals surface area contributed by atoms with Crippen LogP contribution in [0.15, 0.2) is 42.5 Å². The highest BCUT2D eigenvalue weighted by Crippen LogP contribution is 2.20. The number of benzene rings is 1. The average molecular weight is 292 g/mol. The fourth-order valence-electron chi connectivity index (χ4n) is 1.50. The Morgan fingerprint density at radius 3 is 2.24 bits per heavy atom. The zero-order chi connectivity index (χ0) is 15.8. The predicted molar refractivity (Wildman–Crippen MR) is 73.1 cm³/mol. The fourth-order valence-corrected chi connectivity index (χ4v) is 1.50. The summed E-state index contributed by atoms with van der Waals surface area (Å²) in [6, 6.07) is 8.40. The lowest BCUT2D eigenvalue weighted by atomic mass is 10.1. The molecule has 0 aliphatic carbocycles. The summed E-state index contributed by atoms with van der Waals surface area (Å²) in [4.78, 5) is 34.7. The summed E-state index contributed by atoms with van der Waals surface area (Å²) in [6.07, 6.45) is -1.52. The lowest BCUT2D eigenvalue weighted by molar-refractivity contribution is -0.164. The summed E-state index contributed by atoms with van der Waals surface area (Å²) in [5, 5.41) is 0. The first-order chi connectivity index (χ1) is 9.99. The number of esters is 3. The van der Waals surface area contributed by atoms with Crippen LogP contribution in [0.2, 0.25) is 0 Å². The van der Waals surface area contributed by atoms with Gasteiger partial charge in [0, 0.05) is 11.1 Å². The molecule has 21 heavy (non-hydrogen) atoms. The maximum Gasteiger partial charge on any atom is 0.351 e. The minimum absolute atomic E-state index is 0.105. The summed E-state index contributed by atoms with van der Waals surface area (Å²) in [6.45, 7) is 3.45. The first-order valence-corrected chi connectivity index (χ1v) is 6.08. The first kappa shape index (κ1) is 16.4. The average Bonchev–Trinajstić information content (AvgIpc) is 2.52. The zero-order valence-corrected chi connectivity index (χ0v) is 11.8. The summed E-state index contributed by atoms with van der Waals surface area (Å²) < 4.78 is 14.1. The molecule has 0 aliphatic heterocycles. The van der Waals surface area contributed by atoms with Crippen molar-refractivity contribution in [1.82, 2.24) is 0 Å². The van der Waals surface area contributed by atoms with Crippen molar-refractivity contribution in [3.63, 3.8) is 0 Å². The highest BCUT2D eigenvalue weighted by molar-refractivity contribution is 5.94. The van der Waals surface area contributed by atoms with E-state index in [0.717, 1.165) is 0 Å². The van der Waals surface area contributed by atoms with E-state index >= 15 is 0 Å². The van der Waals surface area contributed by atoms with Gasteiger partial charge in [0.2, 0.25) is 6.10 Å². The van der Waals surface area contributed by atoms with Gasteiger partial charge in [-0.2, -0.15) is 0 Å². The maximum atomic E-state index is 11.9. The van der Waals surface area contributed by atoms with Gasteiger partial charge in [0.25, 0.3) is 0 Å². The minimum atomic E-state index is -1.21. The molecule has 1 rings (SSSR count). The van der Waals surface area contributed by atoms with Gasteiger partial charge in [0.1, 0.15) is 0 Å². The second-order valence-electron chi connectivity index (χ2n) is 4.08. The van der Waals surface area contributed by atoms with E-state index in [1.807, 2.05) is 0 Å². The van der Waals surface area contributed by atoms with Crippen LogP contribution in [-0.4, -0.2) is 32.1 Å². The Kier molecular flexibility index (Phi) is 6.13. The molecular weight excluding hydrogens is 276 g/mol. The number of carbonyl (C=O) groups excluding carboxylic acids is 3. The van der Waals surface area contributed by atoms with Gasteiger partial charge in [-0.15, -0.1) is 0 Å². The van der Waals surface area contributed by atoms with E-state index in [1.165, 1.54) is 14.2 Å². The molecule has 0 radical (unpaired) electrons. The molecule has 1 atom stereocenters. The van der Waals surface area contributed by atoms with Gasteiger partial charge < -0.3 is 14.2 Å². The van der Waals surface area contributed by atoms with Crippen LogP contribution in [0.25, 0.3) is 0 Å². The Morgan fingerprint density at radius 1 is 1.10 bits per heavy atom. The van der Waals surface area contributed by atoms with Crippen molar-refractivity contribution in [3.05, 3.63) is 48.0 Å². The number of ether oxygens (including phenoxy) is 3. The lowest BCUT2D eigenvalue weighted by Crippen LogP contribution is -2.22. The van der Waals surface area contributed by atoms with E-state index in [4.69, 9.17) is 4.74 Å². The van der Waals surface area contributed by atoms with Crippen LogP contribution in [0.5, 0.6) is 0 Å². The summed E-state index contributed by atoms with van der Waals surface area (Å²) in [7, 11) is 2.39. The molecule has 0 amide bonds. The monoisotopic (exact) mass is 292 g/mol. The van der Waals surface area contributed by atoms with E-state index < -0.39 is 24.0 Å². The van der Waals surface area contributed by atoms with Crippen LogP contribution in [0.1, 0.15) is 18.1 Å². The number of hydrogen-bond donors (Lipinski definition) is 0. The molecular formula is C15H16O6. The van der Waals surface area contributed by atoms with Crippen LogP contribution in [0.3, 0.4) is 0 Å². The van der Waals surface area contributed by atoms with Crippen molar-refractivity contribution in [3.8, 4) is 0 Å². The second-order valence-corrected chi connectivity index (χ2v) is 4.08. The van der Waals surface area contributed by atoms with Crippen molar-refractivity contribution in [1.29, 1.82) is 0 Å². The Hall–Kier alpha value is -2.63. The Morgan fingerprint density at radius 2 is 1.71 bits per heavy atom.